The molecule has 1 aromatic heterocycles. The van der Waals surface area contributed by atoms with Gasteiger partial charge >= 0.3 is 0 Å². The Morgan fingerprint density at radius 3 is 2.70 bits per heavy atom. The highest BCUT2D eigenvalue weighted by atomic mass is 79.9. The second-order valence-electron chi connectivity index (χ2n) is 4.61. The van der Waals surface area contributed by atoms with Gasteiger partial charge < -0.3 is 4.42 Å². The first-order valence-electron chi connectivity index (χ1n) is 6.04. The summed E-state index contributed by atoms with van der Waals surface area (Å²) in [7, 11) is 0. The molecule has 3 rings (SSSR count). The van der Waals surface area contributed by atoms with E-state index in [-0.39, 0.29) is 11.3 Å². The van der Waals surface area contributed by atoms with Gasteiger partial charge in [-0.2, -0.15) is 0 Å². The first-order chi connectivity index (χ1) is 9.54. The predicted molar refractivity (Wildman–Crippen MR) is 78.5 cm³/mol. The van der Waals surface area contributed by atoms with E-state index in [0.29, 0.717) is 10.1 Å². The lowest BCUT2D eigenvalue weighted by Crippen LogP contribution is -2.02. The summed E-state index contributed by atoms with van der Waals surface area (Å²) in [4.78, 5) is 12.3. The quantitative estimate of drug-likeness (QED) is 0.626. The number of fused-ring (bicyclic) bond motifs is 1. The zero-order valence-electron chi connectivity index (χ0n) is 10.6. The molecule has 100 valence electrons. The lowest BCUT2D eigenvalue weighted by atomic mass is 10.1. The second-order valence-corrected chi connectivity index (χ2v) is 5.52. The summed E-state index contributed by atoms with van der Waals surface area (Å²) < 4.78 is 19.9. The van der Waals surface area contributed by atoms with Gasteiger partial charge in [0.2, 0.25) is 5.78 Å². The highest BCUT2D eigenvalue weighted by molar-refractivity contribution is 9.10. The molecule has 2 nitrogen and oxygen atoms in total. The molecular weight excluding hydrogens is 323 g/mol. The van der Waals surface area contributed by atoms with E-state index in [1.165, 1.54) is 12.1 Å². The second kappa shape index (κ2) is 4.87. The van der Waals surface area contributed by atoms with Crippen LogP contribution >= 0.6 is 15.9 Å². The number of hydrogen-bond donors (Lipinski definition) is 0. The average Bonchev–Trinajstić information content (AvgIpc) is 2.81. The molecule has 0 fully saturated rings. The molecule has 0 aliphatic heterocycles. The molecule has 0 saturated carbocycles. The minimum absolute atomic E-state index is 0.00368. The van der Waals surface area contributed by atoms with Crippen molar-refractivity contribution >= 4 is 32.7 Å². The van der Waals surface area contributed by atoms with Crippen molar-refractivity contribution < 1.29 is 13.6 Å². The van der Waals surface area contributed by atoms with E-state index in [2.05, 4.69) is 15.9 Å². The fourth-order valence-corrected chi connectivity index (χ4v) is 2.41. The van der Waals surface area contributed by atoms with Crippen molar-refractivity contribution in [3.63, 3.8) is 0 Å². The van der Waals surface area contributed by atoms with Gasteiger partial charge in [0.05, 0.1) is 5.56 Å². The average molecular weight is 333 g/mol. The molecule has 0 N–H and O–H groups in total. The number of ketones is 1. The van der Waals surface area contributed by atoms with E-state index in [4.69, 9.17) is 4.42 Å². The van der Waals surface area contributed by atoms with Gasteiger partial charge in [0, 0.05) is 9.86 Å². The summed E-state index contributed by atoms with van der Waals surface area (Å²) in [6.45, 7) is 1.96. The maximum atomic E-state index is 13.8. The van der Waals surface area contributed by atoms with Gasteiger partial charge in [-0.3, -0.25) is 4.79 Å². The van der Waals surface area contributed by atoms with Gasteiger partial charge in [-0.05, 0) is 43.3 Å². The Hall–Kier alpha value is -1.94. The summed E-state index contributed by atoms with van der Waals surface area (Å²) >= 11 is 3.16. The topological polar surface area (TPSA) is 30.2 Å². The molecule has 20 heavy (non-hydrogen) atoms. The Morgan fingerprint density at radius 1 is 1.15 bits per heavy atom. The highest BCUT2D eigenvalue weighted by Crippen LogP contribution is 2.24. The van der Waals surface area contributed by atoms with Crippen molar-refractivity contribution in [3.05, 3.63) is 69.6 Å². The van der Waals surface area contributed by atoms with Gasteiger partial charge in [-0.25, -0.2) is 4.39 Å². The molecule has 1 heterocycles. The van der Waals surface area contributed by atoms with E-state index in [0.717, 1.165) is 10.9 Å². The van der Waals surface area contributed by atoms with Gasteiger partial charge in [-0.15, -0.1) is 0 Å². The first-order valence-corrected chi connectivity index (χ1v) is 6.84. The standard InChI is InChI=1S/C16H10BrFO2/c1-9-2-5-14-10(6-9)7-15(20-14)16(19)12-4-3-11(17)8-13(12)18/h2-8H,1H3. The fourth-order valence-electron chi connectivity index (χ4n) is 2.08. The van der Waals surface area contributed by atoms with Crippen LogP contribution in [0.1, 0.15) is 21.7 Å². The minimum atomic E-state index is -0.569. The molecule has 0 unspecified atom stereocenters. The maximum absolute atomic E-state index is 13.8. The lowest BCUT2D eigenvalue weighted by molar-refractivity contribution is 0.101. The van der Waals surface area contributed by atoms with E-state index in [1.54, 1.807) is 18.2 Å². The number of furan rings is 1. The van der Waals surface area contributed by atoms with E-state index in [1.807, 2.05) is 19.1 Å². The summed E-state index contributed by atoms with van der Waals surface area (Å²) in [6.07, 6.45) is 0. The van der Waals surface area contributed by atoms with Crippen LogP contribution in [0.15, 0.2) is 51.4 Å². The van der Waals surface area contributed by atoms with Crippen LogP contribution in [-0.4, -0.2) is 5.78 Å². The molecule has 0 spiro atoms. The van der Waals surface area contributed by atoms with Crippen LogP contribution in [0.25, 0.3) is 11.0 Å². The number of hydrogen-bond acceptors (Lipinski definition) is 2. The van der Waals surface area contributed by atoms with Crippen molar-refractivity contribution in [2.45, 2.75) is 6.92 Å². The predicted octanol–water partition coefficient (Wildman–Crippen LogP) is 4.87. The van der Waals surface area contributed by atoms with Crippen LogP contribution in [0.3, 0.4) is 0 Å². The molecule has 0 atom stereocenters. The Kier molecular flexibility index (Phi) is 3.18. The molecule has 3 aromatic rings. The number of halogens is 2. The molecule has 0 amide bonds. The van der Waals surface area contributed by atoms with Gasteiger partial charge in [0.1, 0.15) is 11.4 Å². The van der Waals surface area contributed by atoms with Crippen molar-refractivity contribution in [1.82, 2.24) is 0 Å². The molecule has 0 aliphatic rings. The fraction of sp³-hybridized carbons (Fsp3) is 0.0625. The number of rotatable bonds is 2. The zero-order valence-corrected chi connectivity index (χ0v) is 12.2. The monoisotopic (exact) mass is 332 g/mol. The SMILES string of the molecule is Cc1ccc2oc(C(=O)c3ccc(Br)cc3F)cc2c1. The number of carbonyl (C=O) groups excluding carboxylic acids is 1. The van der Waals surface area contributed by atoms with Crippen molar-refractivity contribution in [3.8, 4) is 0 Å². The smallest absolute Gasteiger partial charge is 0.231 e. The summed E-state index contributed by atoms with van der Waals surface area (Å²) in [5.74, 6) is -0.878. The molecule has 0 aliphatic carbocycles. The Labute approximate surface area is 123 Å². The number of aryl methyl sites for hydroxylation is 1. The minimum Gasteiger partial charge on any atom is -0.453 e. The third-order valence-corrected chi connectivity index (χ3v) is 3.56. The molecule has 2 aromatic carbocycles. The normalized spacial score (nSPS) is 10.9. The van der Waals surface area contributed by atoms with Gasteiger partial charge in [0.25, 0.3) is 0 Å². The zero-order chi connectivity index (χ0) is 14.3. The van der Waals surface area contributed by atoms with Crippen LogP contribution < -0.4 is 0 Å². The van der Waals surface area contributed by atoms with Crippen LogP contribution in [-0.2, 0) is 0 Å². The Morgan fingerprint density at radius 2 is 1.95 bits per heavy atom. The molecule has 0 saturated heterocycles. The van der Waals surface area contributed by atoms with Crippen LogP contribution in [0.4, 0.5) is 4.39 Å². The van der Waals surface area contributed by atoms with E-state index in [9.17, 15) is 9.18 Å². The van der Waals surface area contributed by atoms with Crippen LogP contribution in [0, 0.1) is 12.7 Å². The number of carbonyl (C=O) groups is 1. The Bertz CT molecular complexity index is 820. The molecule has 0 bridgehead atoms. The van der Waals surface area contributed by atoms with E-state index < -0.39 is 11.6 Å². The van der Waals surface area contributed by atoms with Crippen LogP contribution in [0.2, 0.25) is 0 Å². The molecular formula is C16H10BrFO2. The summed E-state index contributed by atoms with van der Waals surface area (Å²) in [5, 5.41) is 0.839. The van der Waals surface area contributed by atoms with Crippen molar-refractivity contribution in [2.75, 3.05) is 0 Å². The summed E-state index contributed by atoms with van der Waals surface area (Å²) in [6, 6.07) is 11.6. The third kappa shape index (κ3) is 2.27. The first kappa shape index (κ1) is 13.1. The van der Waals surface area contributed by atoms with Gasteiger partial charge in [0.15, 0.2) is 5.76 Å². The van der Waals surface area contributed by atoms with Gasteiger partial charge in [-0.1, -0.05) is 27.6 Å². The number of benzene rings is 2. The highest BCUT2D eigenvalue weighted by Gasteiger charge is 2.18. The van der Waals surface area contributed by atoms with Crippen LogP contribution in [0.5, 0.6) is 0 Å². The van der Waals surface area contributed by atoms with Crippen molar-refractivity contribution in [1.29, 1.82) is 0 Å². The largest absolute Gasteiger partial charge is 0.453 e. The van der Waals surface area contributed by atoms with E-state index >= 15 is 0 Å². The molecule has 0 radical (unpaired) electrons. The summed E-state index contributed by atoms with van der Waals surface area (Å²) in [5.41, 5.74) is 1.70. The lowest BCUT2D eigenvalue weighted by Gasteiger charge is -2.00. The third-order valence-electron chi connectivity index (χ3n) is 3.07. The van der Waals surface area contributed by atoms with Crippen molar-refractivity contribution in [2.24, 2.45) is 0 Å². The Balaban J connectivity index is 2.08. The maximum Gasteiger partial charge on any atom is 0.231 e. The molecule has 4 heteroatoms.